The Balaban J connectivity index is 0.00000105. The van der Waals surface area contributed by atoms with Crippen LogP contribution < -0.4 is 5.73 Å². The molecular formula is C22H31N2O15P. The van der Waals surface area contributed by atoms with E-state index in [0.717, 1.165) is 0 Å². The number of carbonyl (C=O) groups is 3. The summed E-state index contributed by atoms with van der Waals surface area (Å²) in [6.07, 6.45) is -1.87. The number of nitrogens with zero attached hydrogens (tertiary/aromatic N) is 1. The number of phenolic OH excluding ortho intramolecular Hbond substituents is 1. The molecule has 1 aromatic rings. The summed E-state index contributed by atoms with van der Waals surface area (Å²) in [6.45, 7) is 1.25. The largest absolute Gasteiger partial charge is 0.510 e. The Labute approximate surface area is 225 Å². The van der Waals surface area contributed by atoms with Gasteiger partial charge in [-0.3, -0.25) is 19.3 Å². The minimum absolute atomic E-state index is 0. The number of amides is 1. The van der Waals surface area contributed by atoms with E-state index in [0.29, 0.717) is 0 Å². The second-order valence-electron chi connectivity index (χ2n) is 9.57. The molecule has 0 spiro atoms. The Morgan fingerprint density at radius 3 is 2.00 bits per heavy atom. The van der Waals surface area contributed by atoms with Gasteiger partial charge in [-0.25, -0.2) is 4.57 Å². The fraction of sp³-hybridized carbons (Fsp3) is 0.409. The van der Waals surface area contributed by atoms with Crippen LogP contribution in [0, 0.1) is 11.8 Å². The van der Waals surface area contributed by atoms with E-state index in [9.17, 15) is 45.0 Å². The highest BCUT2D eigenvalue weighted by molar-refractivity contribution is 7.45. The molecule has 15 N–H and O–H groups in total. The van der Waals surface area contributed by atoms with Crippen LogP contribution in [-0.2, 0) is 19.8 Å². The van der Waals surface area contributed by atoms with E-state index < -0.39 is 88.9 Å². The monoisotopic (exact) mass is 594 g/mol. The summed E-state index contributed by atoms with van der Waals surface area (Å²) in [4.78, 5) is 61.4. The molecule has 3 aliphatic carbocycles. The summed E-state index contributed by atoms with van der Waals surface area (Å²) >= 11 is 0. The lowest BCUT2D eigenvalue weighted by atomic mass is 9.54. The number of aliphatic hydroxyl groups excluding tert-OH is 3. The van der Waals surface area contributed by atoms with E-state index in [1.165, 1.54) is 44.1 Å². The second kappa shape index (κ2) is 11.0. The van der Waals surface area contributed by atoms with Crippen molar-refractivity contribution in [2.24, 2.45) is 17.6 Å². The van der Waals surface area contributed by atoms with Crippen molar-refractivity contribution in [2.45, 2.75) is 30.3 Å². The van der Waals surface area contributed by atoms with Gasteiger partial charge >= 0.3 is 7.82 Å². The molecule has 0 aliphatic heterocycles. The fourth-order valence-corrected chi connectivity index (χ4v) is 5.60. The van der Waals surface area contributed by atoms with Gasteiger partial charge < -0.3 is 62.0 Å². The lowest BCUT2D eigenvalue weighted by molar-refractivity contribution is -0.173. The summed E-state index contributed by atoms with van der Waals surface area (Å²) in [5, 5.41) is 66.5. The predicted octanol–water partition coefficient (Wildman–Crippen LogP) is -3.82. The van der Waals surface area contributed by atoms with Crippen LogP contribution in [0.5, 0.6) is 5.75 Å². The van der Waals surface area contributed by atoms with Crippen molar-refractivity contribution in [1.29, 1.82) is 0 Å². The maximum absolute atomic E-state index is 13.3. The number of hydrogen-bond acceptors (Lipinski definition) is 11. The molecule has 0 saturated carbocycles. The maximum atomic E-state index is 13.3. The van der Waals surface area contributed by atoms with E-state index in [1.54, 1.807) is 0 Å². The first-order valence-corrected chi connectivity index (χ1v) is 12.4. The molecule has 0 fully saturated rings. The summed E-state index contributed by atoms with van der Waals surface area (Å²) < 4.78 is 8.88. The van der Waals surface area contributed by atoms with Gasteiger partial charge in [-0.1, -0.05) is 12.1 Å². The zero-order valence-electron chi connectivity index (χ0n) is 21.2. The average molecular weight is 594 g/mol. The zero-order chi connectivity index (χ0) is 29.3. The summed E-state index contributed by atoms with van der Waals surface area (Å²) in [5.41, 5.74) is -1.88. The number of primary amides is 1. The zero-order valence-corrected chi connectivity index (χ0v) is 22.1. The molecule has 40 heavy (non-hydrogen) atoms. The van der Waals surface area contributed by atoms with Crippen LogP contribution in [0.3, 0.4) is 0 Å². The molecule has 0 heterocycles. The highest BCUT2D eigenvalue weighted by Crippen LogP contribution is 2.56. The SMILES string of the molecule is CN(C)[C@@H]1C(O)=C(C(N)=O)C(=O)[C@@]2(O)C(O)=C3C(=O)c4c(O)cccc4[C@@](C)(O)[C@H]3[C@H](O)[C@@H]12.O.O.O=P(O)(O)O. The molecule has 0 bridgehead atoms. The van der Waals surface area contributed by atoms with Crippen LogP contribution in [0.15, 0.2) is 40.9 Å². The number of hydrogen-bond donors (Lipinski definition) is 10. The van der Waals surface area contributed by atoms with Crippen molar-refractivity contribution >= 4 is 25.3 Å². The van der Waals surface area contributed by atoms with Crippen LogP contribution in [-0.4, -0.2) is 110 Å². The first kappa shape index (κ1) is 34.8. The van der Waals surface area contributed by atoms with Crippen molar-refractivity contribution in [3.63, 3.8) is 0 Å². The van der Waals surface area contributed by atoms with E-state index in [-0.39, 0.29) is 22.1 Å². The van der Waals surface area contributed by atoms with Crippen molar-refractivity contribution in [2.75, 3.05) is 14.1 Å². The molecule has 1 aromatic carbocycles. The van der Waals surface area contributed by atoms with Crippen molar-refractivity contribution in [3.05, 3.63) is 52.0 Å². The van der Waals surface area contributed by atoms with Crippen molar-refractivity contribution < 1.29 is 75.2 Å². The van der Waals surface area contributed by atoms with Gasteiger partial charge in [0.15, 0.2) is 11.4 Å². The number of likely N-dealkylation sites (N-methyl/N-ethyl adjacent to an activating group) is 1. The van der Waals surface area contributed by atoms with Gasteiger partial charge in [0.1, 0.15) is 22.8 Å². The molecule has 0 radical (unpaired) electrons. The number of nitrogens with two attached hydrogens (primary N) is 1. The van der Waals surface area contributed by atoms with Crippen LogP contribution in [0.2, 0.25) is 0 Å². The minimum Gasteiger partial charge on any atom is -0.510 e. The number of rotatable bonds is 2. The summed E-state index contributed by atoms with van der Waals surface area (Å²) in [7, 11) is -1.79. The smallest absolute Gasteiger partial charge is 0.466 e. The Bertz CT molecular complexity index is 1340. The molecule has 0 unspecified atom stereocenters. The quantitative estimate of drug-likeness (QED) is 0.116. The highest BCUT2D eigenvalue weighted by Gasteiger charge is 2.69. The Morgan fingerprint density at radius 2 is 1.55 bits per heavy atom. The first-order valence-electron chi connectivity index (χ1n) is 10.9. The topological polar surface area (TPSA) is 343 Å². The van der Waals surface area contributed by atoms with Gasteiger partial charge in [-0.2, -0.15) is 0 Å². The number of fused-ring (bicyclic) bond motifs is 3. The normalized spacial score (nSPS) is 31.1. The Morgan fingerprint density at radius 1 is 1.05 bits per heavy atom. The fourth-order valence-electron chi connectivity index (χ4n) is 5.60. The summed E-state index contributed by atoms with van der Waals surface area (Å²) in [6, 6.07) is 2.54. The number of carbonyl (C=O) groups excluding carboxylic acids is 3. The standard InChI is InChI=1S/C22H24N2O9.H3O4P.2H2O/c1-21(32)7-5-4-6-8(25)9(7)15(26)10-12(21)17(28)13-14(24(2)3)16(27)11(20(23)31)19(30)22(13,33)18(10)29;1-5(2,3)4;;/h4-6,12-14,17,25,27-29,32-33H,1-3H3,(H2,23,31);(H3,1,2,3,4);2*1H2/t12-,13-,14+,17+,21-,22+;;;/m1.../s1. The van der Waals surface area contributed by atoms with Crippen LogP contribution in [0.25, 0.3) is 0 Å². The molecule has 4 rings (SSSR count). The molecule has 3 aliphatic rings. The molecule has 18 heteroatoms. The average Bonchev–Trinajstić information content (AvgIpc) is 2.75. The number of Topliss-reactive ketones (excluding diaryl/α,β-unsaturated/α-hetero) is 2. The molecular weight excluding hydrogens is 563 g/mol. The van der Waals surface area contributed by atoms with Gasteiger partial charge in [0.2, 0.25) is 5.78 Å². The van der Waals surface area contributed by atoms with Gasteiger partial charge in [-0.05, 0) is 32.6 Å². The third kappa shape index (κ3) is 5.04. The molecule has 0 saturated heterocycles. The van der Waals surface area contributed by atoms with Gasteiger partial charge in [0.25, 0.3) is 5.91 Å². The van der Waals surface area contributed by atoms with Crippen molar-refractivity contribution in [3.8, 4) is 5.75 Å². The number of aromatic hydroxyl groups is 1. The predicted molar refractivity (Wildman–Crippen MR) is 132 cm³/mol. The number of ketones is 2. The highest BCUT2D eigenvalue weighted by atomic mass is 31.2. The maximum Gasteiger partial charge on any atom is 0.466 e. The second-order valence-corrected chi connectivity index (χ2v) is 10.6. The van der Waals surface area contributed by atoms with Crippen LogP contribution in [0.4, 0.5) is 0 Å². The number of phenols is 1. The third-order valence-corrected chi connectivity index (χ3v) is 7.04. The van der Waals surface area contributed by atoms with E-state index in [4.69, 9.17) is 25.0 Å². The van der Waals surface area contributed by atoms with E-state index in [2.05, 4.69) is 0 Å². The molecule has 17 nitrogen and oxygen atoms in total. The molecule has 224 valence electrons. The van der Waals surface area contributed by atoms with E-state index >= 15 is 0 Å². The van der Waals surface area contributed by atoms with Gasteiger partial charge in [0.05, 0.1) is 40.7 Å². The number of benzene rings is 1. The summed E-state index contributed by atoms with van der Waals surface area (Å²) in [5.74, 6) is -9.66. The minimum atomic E-state index is -4.64. The molecule has 0 aromatic heterocycles. The van der Waals surface area contributed by atoms with Crippen LogP contribution in [0.1, 0.15) is 22.8 Å². The van der Waals surface area contributed by atoms with Gasteiger partial charge in [0, 0.05) is 0 Å². The van der Waals surface area contributed by atoms with Crippen molar-refractivity contribution in [1.82, 2.24) is 4.90 Å². The lowest BCUT2D eigenvalue weighted by Crippen LogP contribution is -2.70. The first-order chi connectivity index (χ1) is 17.2. The number of aliphatic hydroxyl groups is 5. The number of phosphoric acid groups is 1. The molecule has 1 amide bonds. The Kier molecular flexibility index (Phi) is 9.56. The Hall–Kier alpha value is -3.22. The van der Waals surface area contributed by atoms with Gasteiger partial charge in [-0.15, -0.1) is 0 Å². The molecule has 6 atom stereocenters. The lowest BCUT2D eigenvalue weighted by Gasteiger charge is -2.55. The van der Waals surface area contributed by atoms with E-state index in [1.807, 2.05) is 0 Å². The third-order valence-electron chi connectivity index (χ3n) is 7.04. The van der Waals surface area contributed by atoms with Crippen LogP contribution >= 0.6 is 7.82 Å².